The molecule has 0 aliphatic heterocycles. The van der Waals surface area contributed by atoms with Gasteiger partial charge in [0.1, 0.15) is 5.41 Å². The zero-order chi connectivity index (χ0) is 19.6. The maximum absolute atomic E-state index is 12.6. The van der Waals surface area contributed by atoms with Gasteiger partial charge in [-0.05, 0) is 31.4 Å². The summed E-state index contributed by atoms with van der Waals surface area (Å²) >= 11 is 0. The molecule has 1 aliphatic carbocycles. The molecule has 0 bridgehead atoms. The molecule has 1 aromatic carbocycles. The van der Waals surface area contributed by atoms with Crippen LogP contribution in [0.2, 0.25) is 0 Å². The molecule has 0 spiro atoms. The summed E-state index contributed by atoms with van der Waals surface area (Å²) in [6.07, 6.45) is 3.07. The molecule has 6 heteroatoms. The Kier molecular flexibility index (Phi) is 5.17. The third-order valence-corrected chi connectivity index (χ3v) is 5.21. The monoisotopic (exact) mass is 369 g/mol. The van der Waals surface area contributed by atoms with Crippen molar-refractivity contribution in [3.05, 3.63) is 48.2 Å². The normalized spacial score (nSPS) is 19.3. The van der Waals surface area contributed by atoms with Gasteiger partial charge in [0.2, 0.25) is 0 Å². The van der Waals surface area contributed by atoms with Crippen molar-refractivity contribution in [1.82, 2.24) is 4.57 Å². The van der Waals surface area contributed by atoms with E-state index in [1.54, 1.807) is 13.1 Å². The van der Waals surface area contributed by atoms with Gasteiger partial charge in [-0.15, -0.1) is 0 Å². The highest BCUT2D eigenvalue weighted by Crippen LogP contribution is 2.43. The molecule has 3 rings (SSSR count). The van der Waals surface area contributed by atoms with Gasteiger partial charge in [0.15, 0.2) is 5.78 Å². The van der Waals surface area contributed by atoms with E-state index in [4.69, 9.17) is 9.47 Å². The van der Waals surface area contributed by atoms with Gasteiger partial charge in [-0.2, -0.15) is 0 Å². The molecule has 1 unspecified atom stereocenters. The Morgan fingerprint density at radius 2 is 2.04 bits per heavy atom. The molecule has 1 heterocycles. The van der Waals surface area contributed by atoms with Gasteiger partial charge in [0.25, 0.3) is 0 Å². The lowest BCUT2D eigenvalue weighted by molar-refractivity contribution is -0.156. The molecule has 1 fully saturated rings. The lowest BCUT2D eigenvalue weighted by Crippen LogP contribution is -2.39. The fourth-order valence-corrected chi connectivity index (χ4v) is 3.85. The Labute approximate surface area is 157 Å². The summed E-state index contributed by atoms with van der Waals surface area (Å²) in [4.78, 5) is 37.4. The maximum Gasteiger partial charge on any atom is 0.340 e. The molecule has 0 saturated heterocycles. The van der Waals surface area contributed by atoms with E-state index in [1.165, 1.54) is 7.11 Å². The number of methoxy groups -OCH3 is 1. The van der Waals surface area contributed by atoms with E-state index in [0.717, 1.165) is 10.9 Å². The maximum atomic E-state index is 12.6. The van der Waals surface area contributed by atoms with Crippen LogP contribution in [0.15, 0.2) is 42.6 Å². The molecule has 0 N–H and O–H groups in total. The topological polar surface area (TPSA) is 74.6 Å². The minimum absolute atomic E-state index is 0.143. The lowest BCUT2D eigenvalue weighted by atomic mass is 9.78. The van der Waals surface area contributed by atoms with Crippen molar-refractivity contribution >= 4 is 28.6 Å². The van der Waals surface area contributed by atoms with Crippen molar-refractivity contribution in [2.45, 2.75) is 32.7 Å². The van der Waals surface area contributed by atoms with Crippen LogP contribution >= 0.6 is 0 Å². The summed E-state index contributed by atoms with van der Waals surface area (Å²) in [6.45, 7) is 6.25. The average Bonchev–Trinajstić information content (AvgIpc) is 3.23. The van der Waals surface area contributed by atoms with Gasteiger partial charge in [0, 0.05) is 30.1 Å². The molecule has 1 aliphatic rings. The molecule has 0 radical (unpaired) electrons. The lowest BCUT2D eigenvalue weighted by Gasteiger charge is -2.28. The molecule has 6 nitrogen and oxygen atoms in total. The van der Waals surface area contributed by atoms with Crippen molar-refractivity contribution in [3.8, 4) is 0 Å². The van der Waals surface area contributed by atoms with E-state index in [1.807, 2.05) is 28.8 Å². The van der Waals surface area contributed by atoms with E-state index in [-0.39, 0.29) is 18.9 Å². The van der Waals surface area contributed by atoms with E-state index in [0.29, 0.717) is 30.4 Å². The van der Waals surface area contributed by atoms with Crippen LogP contribution in [0.4, 0.5) is 0 Å². The number of ketones is 1. The molecule has 142 valence electrons. The Morgan fingerprint density at radius 1 is 1.30 bits per heavy atom. The highest BCUT2D eigenvalue weighted by molar-refractivity contribution is 6.08. The van der Waals surface area contributed by atoms with Gasteiger partial charge in [0.05, 0.1) is 19.3 Å². The van der Waals surface area contributed by atoms with Crippen molar-refractivity contribution < 1.29 is 23.9 Å². The Bertz CT molecular complexity index is 926. The number of fused-ring (bicyclic) bond motifs is 1. The SMILES string of the molecule is C=C(Cn1cc(C(=O)OC)c2ccccc21)C1(C(=O)OCC)CCCC1=O. The van der Waals surface area contributed by atoms with Gasteiger partial charge in [-0.1, -0.05) is 24.8 Å². The number of esters is 2. The predicted octanol–water partition coefficient (Wildman–Crippen LogP) is 3.29. The summed E-state index contributed by atoms with van der Waals surface area (Å²) in [7, 11) is 1.33. The van der Waals surface area contributed by atoms with Crippen LogP contribution in [0, 0.1) is 5.41 Å². The number of Topliss-reactive ketones (excluding diaryl/α,β-unsaturated/α-hetero) is 1. The number of carbonyl (C=O) groups excluding carboxylic acids is 3. The minimum atomic E-state index is -1.30. The molecule has 1 aromatic heterocycles. The first-order valence-corrected chi connectivity index (χ1v) is 9.00. The van der Waals surface area contributed by atoms with Crippen molar-refractivity contribution in [2.24, 2.45) is 5.41 Å². The first-order valence-electron chi connectivity index (χ1n) is 9.00. The van der Waals surface area contributed by atoms with Crippen LogP contribution in [0.3, 0.4) is 0 Å². The summed E-state index contributed by atoms with van der Waals surface area (Å²) in [5.41, 5.74) is 0.431. The molecular weight excluding hydrogens is 346 g/mol. The number of benzene rings is 1. The first-order chi connectivity index (χ1) is 13.0. The van der Waals surface area contributed by atoms with E-state index in [2.05, 4.69) is 6.58 Å². The second-order valence-electron chi connectivity index (χ2n) is 6.69. The summed E-state index contributed by atoms with van der Waals surface area (Å²) in [5, 5.41) is 0.750. The number of ether oxygens (including phenoxy) is 2. The fraction of sp³-hybridized carbons (Fsp3) is 0.381. The summed E-state index contributed by atoms with van der Waals surface area (Å²) < 4.78 is 11.9. The summed E-state index contributed by atoms with van der Waals surface area (Å²) in [5.74, 6) is -1.11. The highest BCUT2D eigenvalue weighted by atomic mass is 16.5. The Balaban J connectivity index is 2.01. The Morgan fingerprint density at radius 3 is 2.67 bits per heavy atom. The third-order valence-electron chi connectivity index (χ3n) is 5.21. The second kappa shape index (κ2) is 7.39. The minimum Gasteiger partial charge on any atom is -0.465 e. The number of hydrogen-bond donors (Lipinski definition) is 0. The summed E-state index contributed by atoms with van der Waals surface area (Å²) in [6, 6.07) is 7.42. The molecule has 27 heavy (non-hydrogen) atoms. The first kappa shape index (κ1) is 18.9. The Hall–Kier alpha value is -2.89. The van der Waals surface area contributed by atoms with Crippen LogP contribution in [-0.2, 0) is 25.6 Å². The van der Waals surface area contributed by atoms with Crippen molar-refractivity contribution in [3.63, 3.8) is 0 Å². The smallest absolute Gasteiger partial charge is 0.340 e. The third kappa shape index (κ3) is 3.05. The van der Waals surface area contributed by atoms with Gasteiger partial charge < -0.3 is 14.0 Å². The number of rotatable bonds is 6. The number of aromatic nitrogens is 1. The quantitative estimate of drug-likeness (QED) is 0.444. The fourth-order valence-electron chi connectivity index (χ4n) is 3.85. The van der Waals surface area contributed by atoms with Gasteiger partial charge in [-0.3, -0.25) is 9.59 Å². The molecule has 0 amide bonds. The van der Waals surface area contributed by atoms with Crippen LogP contribution in [-0.4, -0.2) is 36.0 Å². The van der Waals surface area contributed by atoms with E-state index >= 15 is 0 Å². The van der Waals surface area contributed by atoms with Crippen LogP contribution in [0.5, 0.6) is 0 Å². The highest BCUT2D eigenvalue weighted by Gasteiger charge is 2.51. The number of hydrogen-bond acceptors (Lipinski definition) is 5. The average molecular weight is 369 g/mol. The van der Waals surface area contributed by atoms with Crippen molar-refractivity contribution in [2.75, 3.05) is 13.7 Å². The van der Waals surface area contributed by atoms with Crippen LogP contribution in [0.1, 0.15) is 36.5 Å². The number of carbonyl (C=O) groups is 3. The molecule has 1 saturated carbocycles. The zero-order valence-corrected chi connectivity index (χ0v) is 15.6. The van der Waals surface area contributed by atoms with Gasteiger partial charge in [-0.25, -0.2) is 4.79 Å². The van der Waals surface area contributed by atoms with Crippen LogP contribution < -0.4 is 0 Å². The molecular formula is C21H23NO5. The standard InChI is InChI=1S/C21H23NO5/c1-4-27-20(25)21(11-7-10-18(21)23)14(2)12-22-13-16(19(24)26-3)15-8-5-6-9-17(15)22/h5-6,8-9,13H,2,4,7,10-12H2,1,3H3. The van der Waals surface area contributed by atoms with Crippen molar-refractivity contribution in [1.29, 1.82) is 0 Å². The number of nitrogens with zero attached hydrogens (tertiary/aromatic N) is 1. The predicted molar refractivity (Wildman–Crippen MR) is 100 cm³/mol. The number of para-hydroxylation sites is 1. The largest absolute Gasteiger partial charge is 0.465 e. The molecule has 2 aromatic rings. The van der Waals surface area contributed by atoms with Crippen LogP contribution in [0.25, 0.3) is 10.9 Å². The second-order valence-corrected chi connectivity index (χ2v) is 6.69. The zero-order valence-electron chi connectivity index (χ0n) is 15.6. The van der Waals surface area contributed by atoms with Gasteiger partial charge >= 0.3 is 11.9 Å². The van der Waals surface area contributed by atoms with E-state index < -0.39 is 17.4 Å². The van der Waals surface area contributed by atoms with E-state index in [9.17, 15) is 14.4 Å². The molecule has 1 atom stereocenters.